The molecule has 2 aromatic rings. The molecule has 0 aliphatic carbocycles. The third-order valence-corrected chi connectivity index (χ3v) is 3.13. The fourth-order valence-electron chi connectivity index (χ4n) is 1.44. The van der Waals surface area contributed by atoms with Crippen molar-refractivity contribution >= 4 is 22.2 Å². The van der Waals surface area contributed by atoms with Gasteiger partial charge < -0.3 is 9.88 Å². The molecular formula is C10H11N5O3S. The summed E-state index contributed by atoms with van der Waals surface area (Å²) in [6.45, 7) is 3.04. The van der Waals surface area contributed by atoms with Gasteiger partial charge in [0.1, 0.15) is 5.01 Å². The maximum absolute atomic E-state index is 11.3. The van der Waals surface area contributed by atoms with Crippen molar-refractivity contribution < 1.29 is 4.92 Å². The van der Waals surface area contributed by atoms with E-state index >= 15 is 0 Å². The molecule has 0 aromatic carbocycles. The van der Waals surface area contributed by atoms with E-state index in [0.29, 0.717) is 16.7 Å². The number of rotatable bonds is 5. The molecule has 0 spiro atoms. The number of hydrogen-bond donors (Lipinski definition) is 1. The van der Waals surface area contributed by atoms with Gasteiger partial charge in [0.05, 0.1) is 17.7 Å². The van der Waals surface area contributed by atoms with E-state index in [2.05, 4.69) is 15.5 Å². The first kappa shape index (κ1) is 13.1. The Hall–Kier alpha value is -2.29. The van der Waals surface area contributed by atoms with E-state index < -0.39 is 16.0 Å². The van der Waals surface area contributed by atoms with Gasteiger partial charge in [-0.15, -0.1) is 10.2 Å². The predicted molar refractivity (Wildman–Crippen MR) is 70.5 cm³/mol. The zero-order valence-corrected chi connectivity index (χ0v) is 10.9. The lowest BCUT2D eigenvalue weighted by molar-refractivity contribution is -0.386. The highest BCUT2D eigenvalue weighted by atomic mass is 32.1. The van der Waals surface area contributed by atoms with E-state index in [1.807, 2.05) is 6.92 Å². The average molecular weight is 281 g/mol. The standard InChI is InChI=1S/C10H11N5O3S/c1-2-11-10-13-12-9(19-10)6-14-4-3-8(16)7(5-14)15(17)18/h3-5H,2,6H2,1H3,(H,11,13). The first-order valence-corrected chi connectivity index (χ1v) is 6.32. The minimum absolute atomic E-state index is 0.337. The molecule has 0 aliphatic rings. The van der Waals surface area contributed by atoms with Crippen molar-refractivity contribution in [3.05, 3.63) is 43.8 Å². The normalized spacial score (nSPS) is 10.4. The largest absolute Gasteiger partial charge is 0.360 e. The summed E-state index contributed by atoms with van der Waals surface area (Å²) in [6.07, 6.45) is 2.69. The van der Waals surface area contributed by atoms with Gasteiger partial charge in [0.2, 0.25) is 5.13 Å². The van der Waals surface area contributed by atoms with Gasteiger partial charge in [-0.05, 0) is 6.92 Å². The topological polar surface area (TPSA) is 103 Å². The van der Waals surface area contributed by atoms with E-state index in [-0.39, 0.29) is 0 Å². The summed E-state index contributed by atoms with van der Waals surface area (Å²) in [7, 11) is 0. The summed E-state index contributed by atoms with van der Waals surface area (Å²) in [5.74, 6) is 0. The minimum atomic E-state index is -0.691. The van der Waals surface area contributed by atoms with Crippen LogP contribution in [0.25, 0.3) is 0 Å². The number of nitro groups is 1. The number of aromatic nitrogens is 3. The molecule has 1 N–H and O–H groups in total. The molecule has 0 atom stereocenters. The van der Waals surface area contributed by atoms with Gasteiger partial charge >= 0.3 is 5.69 Å². The Morgan fingerprint density at radius 2 is 2.32 bits per heavy atom. The lowest BCUT2D eigenvalue weighted by Gasteiger charge is -2.01. The summed E-state index contributed by atoms with van der Waals surface area (Å²) in [5.41, 5.74) is -1.05. The van der Waals surface area contributed by atoms with Gasteiger partial charge in [0.25, 0.3) is 5.43 Å². The molecule has 0 amide bonds. The molecule has 0 aliphatic heterocycles. The Kier molecular flexibility index (Phi) is 3.85. The van der Waals surface area contributed by atoms with Crippen LogP contribution in [-0.4, -0.2) is 26.2 Å². The molecule has 0 saturated heterocycles. The van der Waals surface area contributed by atoms with Crippen LogP contribution in [0.5, 0.6) is 0 Å². The van der Waals surface area contributed by atoms with Gasteiger partial charge in [-0.1, -0.05) is 11.3 Å². The molecule has 2 heterocycles. The predicted octanol–water partition coefficient (Wildman–Crippen LogP) is 1.09. The van der Waals surface area contributed by atoms with Crippen LogP contribution in [0.15, 0.2) is 23.3 Å². The molecule has 19 heavy (non-hydrogen) atoms. The van der Waals surface area contributed by atoms with Crippen molar-refractivity contribution in [2.75, 3.05) is 11.9 Å². The van der Waals surface area contributed by atoms with Crippen molar-refractivity contribution in [3.63, 3.8) is 0 Å². The van der Waals surface area contributed by atoms with Crippen LogP contribution in [0, 0.1) is 10.1 Å². The highest BCUT2D eigenvalue weighted by molar-refractivity contribution is 7.15. The molecule has 0 saturated carbocycles. The van der Waals surface area contributed by atoms with E-state index in [1.165, 1.54) is 34.4 Å². The van der Waals surface area contributed by atoms with E-state index in [4.69, 9.17) is 0 Å². The molecule has 0 radical (unpaired) electrons. The second kappa shape index (κ2) is 5.57. The summed E-state index contributed by atoms with van der Waals surface area (Å²) < 4.78 is 1.54. The Morgan fingerprint density at radius 3 is 3.00 bits per heavy atom. The molecule has 8 nitrogen and oxygen atoms in total. The van der Waals surface area contributed by atoms with Crippen LogP contribution in [0.4, 0.5) is 10.8 Å². The average Bonchev–Trinajstić information content (AvgIpc) is 2.79. The number of anilines is 1. The summed E-state index contributed by atoms with van der Waals surface area (Å²) >= 11 is 1.37. The fraction of sp³-hybridized carbons (Fsp3) is 0.300. The molecule has 100 valence electrons. The van der Waals surface area contributed by atoms with Crippen molar-refractivity contribution in [3.8, 4) is 0 Å². The first-order valence-electron chi connectivity index (χ1n) is 5.51. The molecule has 2 aromatic heterocycles. The van der Waals surface area contributed by atoms with Gasteiger partial charge in [-0.25, -0.2) is 0 Å². The highest BCUT2D eigenvalue weighted by Gasteiger charge is 2.12. The second-order valence-corrected chi connectivity index (χ2v) is 4.72. The first-order chi connectivity index (χ1) is 9.10. The van der Waals surface area contributed by atoms with Crippen LogP contribution in [-0.2, 0) is 6.54 Å². The van der Waals surface area contributed by atoms with Crippen molar-refractivity contribution in [2.45, 2.75) is 13.5 Å². The Bertz CT molecular complexity index is 651. The Morgan fingerprint density at radius 1 is 1.53 bits per heavy atom. The lowest BCUT2D eigenvalue weighted by atomic mass is 10.4. The van der Waals surface area contributed by atoms with Gasteiger partial charge in [0, 0.05) is 18.8 Å². The molecule has 2 rings (SSSR count). The quantitative estimate of drug-likeness (QED) is 0.650. The third kappa shape index (κ3) is 3.13. The number of nitrogens with zero attached hydrogens (tertiary/aromatic N) is 4. The Balaban J connectivity index is 2.20. The monoisotopic (exact) mass is 281 g/mol. The second-order valence-electron chi connectivity index (χ2n) is 3.66. The fourth-order valence-corrected chi connectivity index (χ4v) is 2.26. The van der Waals surface area contributed by atoms with E-state index in [1.54, 1.807) is 0 Å². The van der Waals surface area contributed by atoms with Gasteiger partial charge in [-0.3, -0.25) is 14.9 Å². The Labute approximate surface area is 111 Å². The smallest absolute Gasteiger partial charge is 0.332 e. The lowest BCUT2D eigenvalue weighted by Crippen LogP contribution is -2.11. The van der Waals surface area contributed by atoms with Crippen molar-refractivity contribution in [1.82, 2.24) is 14.8 Å². The van der Waals surface area contributed by atoms with E-state index in [0.717, 1.165) is 6.54 Å². The number of hydrogen-bond acceptors (Lipinski definition) is 7. The summed E-state index contributed by atoms with van der Waals surface area (Å²) in [4.78, 5) is 21.2. The van der Waals surface area contributed by atoms with Crippen LogP contribution in [0.3, 0.4) is 0 Å². The number of nitrogens with one attached hydrogen (secondary N) is 1. The summed E-state index contributed by atoms with van der Waals surface area (Å²) in [5, 5.41) is 23.0. The molecule has 0 bridgehead atoms. The van der Waals surface area contributed by atoms with E-state index in [9.17, 15) is 14.9 Å². The zero-order valence-electron chi connectivity index (χ0n) is 10.1. The van der Waals surface area contributed by atoms with Gasteiger partial charge in [-0.2, -0.15) is 0 Å². The number of pyridine rings is 1. The SMILES string of the molecule is CCNc1nnc(Cn2ccc(=O)c([N+](=O)[O-])c2)s1. The van der Waals surface area contributed by atoms with Crippen LogP contribution >= 0.6 is 11.3 Å². The van der Waals surface area contributed by atoms with Crippen molar-refractivity contribution in [1.29, 1.82) is 0 Å². The minimum Gasteiger partial charge on any atom is -0.360 e. The molecule has 0 unspecified atom stereocenters. The summed E-state index contributed by atoms with van der Waals surface area (Å²) in [6, 6.07) is 1.17. The van der Waals surface area contributed by atoms with Crippen LogP contribution in [0.1, 0.15) is 11.9 Å². The van der Waals surface area contributed by atoms with Crippen molar-refractivity contribution in [2.24, 2.45) is 0 Å². The molecule has 9 heteroatoms. The maximum atomic E-state index is 11.3. The van der Waals surface area contributed by atoms with Crippen LogP contribution < -0.4 is 10.7 Å². The molecule has 0 fully saturated rings. The third-order valence-electron chi connectivity index (χ3n) is 2.27. The zero-order chi connectivity index (χ0) is 13.8. The highest BCUT2D eigenvalue weighted by Crippen LogP contribution is 2.16. The molecular weight excluding hydrogens is 270 g/mol. The maximum Gasteiger partial charge on any atom is 0.332 e. The van der Waals surface area contributed by atoms with Gasteiger partial charge in [0.15, 0.2) is 0 Å². The van der Waals surface area contributed by atoms with Crippen LogP contribution in [0.2, 0.25) is 0 Å².